The van der Waals surface area contributed by atoms with Crippen LogP contribution >= 0.6 is 0 Å². The van der Waals surface area contributed by atoms with Crippen molar-refractivity contribution in [2.75, 3.05) is 46.1 Å². The van der Waals surface area contributed by atoms with Gasteiger partial charge in [-0.15, -0.1) is 0 Å². The van der Waals surface area contributed by atoms with Crippen LogP contribution in [0.3, 0.4) is 0 Å². The predicted octanol–water partition coefficient (Wildman–Crippen LogP) is 2.30. The topological polar surface area (TPSA) is 57.2 Å². The summed E-state index contributed by atoms with van der Waals surface area (Å²) in [6.45, 7) is 10.3. The molecule has 0 aromatic heterocycles. The predicted molar refractivity (Wildman–Crippen MR) is 97.9 cm³/mol. The van der Waals surface area contributed by atoms with Crippen LogP contribution in [0, 0.1) is 5.92 Å². The van der Waals surface area contributed by atoms with Crippen molar-refractivity contribution >= 4 is 14.5 Å². The second kappa shape index (κ2) is 9.91. The van der Waals surface area contributed by atoms with Crippen LogP contribution < -0.4 is 4.74 Å². The summed E-state index contributed by atoms with van der Waals surface area (Å²) in [4.78, 5) is 14.2. The van der Waals surface area contributed by atoms with E-state index in [0.717, 1.165) is 18.8 Å². The average Bonchev–Trinajstić information content (AvgIpc) is 2.58. The van der Waals surface area contributed by atoms with E-state index < -0.39 is 8.56 Å². The molecule has 1 aromatic carbocycles. The molecule has 0 spiro atoms. The molecule has 0 radical (unpaired) electrons. The Bertz CT molecular complexity index is 513. The lowest BCUT2D eigenvalue weighted by Crippen LogP contribution is -2.45. The summed E-state index contributed by atoms with van der Waals surface area (Å²) < 4.78 is 22.6. The maximum atomic E-state index is 12.0. The van der Waals surface area contributed by atoms with Gasteiger partial charge in [-0.2, -0.15) is 0 Å². The monoisotopic (exact) mass is 367 g/mol. The average molecular weight is 368 g/mol. The van der Waals surface area contributed by atoms with E-state index in [-0.39, 0.29) is 11.9 Å². The van der Waals surface area contributed by atoms with Crippen molar-refractivity contribution in [3.05, 3.63) is 30.3 Å². The Morgan fingerprint density at radius 3 is 2.48 bits per heavy atom. The molecule has 1 unspecified atom stereocenters. The molecule has 1 aliphatic rings. The lowest BCUT2D eigenvalue weighted by molar-refractivity contribution is -0.149. The Hall–Kier alpha value is -1.41. The molecule has 140 valence electrons. The van der Waals surface area contributed by atoms with Gasteiger partial charge in [0.2, 0.25) is 0 Å². The molecule has 0 saturated carbocycles. The van der Waals surface area contributed by atoms with Gasteiger partial charge < -0.3 is 18.3 Å². The Morgan fingerprint density at radius 1 is 1.20 bits per heavy atom. The first-order chi connectivity index (χ1) is 12.0. The molecule has 25 heavy (non-hydrogen) atoms. The minimum absolute atomic E-state index is 0.232. The number of para-hydroxylation sites is 1. The van der Waals surface area contributed by atoms with Crippen LogP contribution in [0.25, 0.3) is 0 Å². The second-order valence-corrected chi connectivity index (χ2v) is 10.0. The van der Waals surface area contributed by atoms with Crippen LogP contribution in [-0.2, 0) is 18.4 Å². The highest BCUT2D eigenvalue weighted by Crippen LogP contribution is 2.11. The molecule has 1 aromatic rings. The minimum atomic E-state index is -1.93. The Balaban J connectivity index is 1.62. The van der Waals surface area contributed by atoms with Crippen LogP contribution in [-0.4, -0.2) is 65.5 Å². The SMILES string of the molecule is CC(COc1ccccc1)C(=O)OCCN1CCO[Si](C)(C)OCC1. The third kappa shape index (κ3) is 7.56. The fraction of sp³-hybridized carbons (Fsp3) is 0.611. The van der Waals surface area contributed by atoms with Crippen LogP contribution in [0.1, 0.15) is 6.92 Å². The second-order valence-electron chi connectivity index (χ2n) is 6.63. The van der Waals surface area contributed by atoms with E-state index in [1.54, 1.807) is 0 Å². The first-order valence-electron chi connectivity index (χ1n) is 8.81. The summed E-state index contributed by atoms with van der Waals surface area (Å²) in [6.07, 6.45) is 0. The zero-order valence-electron chi connectivity index (χ0n) is 15.4. The van der Waals surface area contributed by atoms with Gasteiger partial charge in [0.1, 0.15) is 19.0 Å². The number of benzene rings is 1. The van der Waals surface area contributed by atoms with Gasteiger partial charge in [0.25, 0.3) is 0 Å². The van der Waals surface area contributed by atoms with Crippen LogP contribution in [0.15, 0.2) is 30.3 Å². The largest absolute Gasteiger partial charge is 0.493 e. The number of carbonyl (C=O) groups excluding carboxylic acids is 1. The van der Waals surface area contributed by atoms with Gasteiger partial charge in [0.05, 0.1) is 5.92 Å². The molecule has 0 aliphatic carbocycles. The number of hydrogen-bond donors (Lipinski definition) is 0. The highest BCUT2D eigenvalue weighted by atomic mass is 28.4. The van der Waals surface area contributed by atoms with Crippen LogP contribution in [0.5, 0.6) is 5.75 Å². The molecule has 7 heteroatoms. The van der Waals surface area contributed by atoms with Crippen molar-refractivity contribution in [2.24, 2.45) is 5.92 Å². The fourth-order valence-corrected chi connectivity index (χ4v) is 3.69. The van der Waals surface area contributed by atoms with E-state index >= 15 is 0 Å². The Morgan fingerprint density at radius 2 is 1.84 bits per heavy atom. The molecule has 1 atom stereocenters. The van der Waals surface area contributed by atoms with Crippen molar-refractivity contribution < 1.29 is 23.1 Å². The van der Waals surface area contributed by atoms with Gasteiger partial charge in [0, 0.05) is 32.8 Å². The van der Waals surface area contributed by atoms with Gasteiger partial charge in [-0.3, -0.25) is 9.69 Å². The number of rotatable bonds is 7. The summed E-state index contributed by atoms with van der Waals surface area (Å²) in [5.74, 6) is 0.226. The van der Waals surface area contributed by atoms with Crippen LogP contribution in [0.4, 0.5) is 0 Å². The van der Waals surface area contributed by atoms with E-state index in [1.165, 1.54) is 0 Å². The number of nitrogens with zero attached hydrogens (tertiary/aromatic N) is 1. The molecular weight excluding hydrogens is 338 g/mol. The number of esters is 1. The standard InChI is InChI=1S/C18H29NO5Si/c1-16(15-22-17-7-5-4-6-8-17)18(20)21-12-9-19-10-13-23-25(2,3)24-14-11-19/h4-8,16H,9-15H2,1-3H3. The lowest BCUT2D eigenvalue weighted by atomic mass is 10.2. The van der Waals surface area contributed by atoms with Crippen molar-refractivity contribution in [1.29, 1.82) is 0 Å². The van der Waals surface area contributed by atoms with Gasteiger partial charge in [0.15, 0.2) is 0 Å². The Labute approximate surface area is 151 Å². The summed E-state index contributed by atoms with van der Waals surface area (Å²) in [6, 6.07) is 9.47. The number of hydrogen-bond acceptors (Lipinski definition) is 6. The molecule has 0 N–H and O–H groups in total. The van der Waals surface area contributed by atoms with E-state index in [4.69, 9.17) is 18.3 Å². The van der Waals surface area contributed by atoms with Gasteiger partial charge >= 0.3 is 14.5 Å². The van der Waals surface area contributed by atoms with E-state index in [0.29, 0.717) is 33.0 Å². The van der Waals surface area contributed by atoms with Gasteiger partial charge in [-0.25, -0.2) is 0 Å². The third-order valence-corrected chi connectivity index (χ3v) is 5.81. The first-order valence-corrected chi connectivity index (χ1v) is 11.6. The van der Waals surface area contributed by atoms with E-state index in [1.807, 2.05) is 37.3 Å². The lowest BCUT2D eigenvalue weighted by Gasteiger charge is -2.31. The molecule has 0 bridgehead atoms. The normalized spacial score (nSPS) is 19.5. The molecular formula is C18H29NO5Si. The van der Waals surface area contributed by atoms with E-state index in [2.05, 4.69) is 18.0 Å². The Kier molecular flexibility index (Phi) is 7.89. The first kappa shape index (κ1) is 19.9. The molecule has 2 rings (SSSR count). The fourth-order valence-electron chi connectivity index (χ4n) is 2.44. The van der Waals surface area contributed by atoms with Gasteiger partial charge in [-0.05, 0) is 32.2 Å². The molecule has 1 fully saturated rings. The quantitative estimate of drug-likeness (QED) is 0.544. The highest BCUT2D eigenvalue weighted by molar-refractivity contribution is 6.64. The molecule has 0 amide bonds. The van der Waals surface area contributed by atoms with Crippen molar-refractivity contribution in [2.45, 2.75) is 20.0 Å². The highest BCUT2D eigenvalue weighted by Gasteiger charge is 2.26. The molecule has 6 nitrogen and oxygen atoms in total. The minimum Gasteiger partial charge on any atom is -0.493 e. The zero-order chi connectivity index (χ0) is 18.1. The van der Waals surface area contributed by atoms with Gasteiger partial charge in [-0.1, -0.05) is 18.2 Å². The summed E-state index contributed by atoms with van der Waals surface area (Å²) in [5, 5.41) is 0. The summed E-state index contributed by atoms with van der Waals surface area (Å²) in [5.41, 5.74) is 0. The maximum absolute atomic E-state index is 12.0. The molecule has 1 heterocycles. The number of carbonyl (C=O) groups is 1. The van der Waals surface area contributed by atoms with Crippen LogP contribution in [0.2, 0.25) is 13.1 Å². The van der Waals surface area contributed by atoms with E-state index in [9.17, 15) is 4.79 Å². The summed E-state index contributed by atoms with van der Waals surface area (Å²) >= 11 is 0. The number of ether oxygens (including phenoxy) is 2. The van der Waals surface area contributed by atoms with Crippen molar-refractivity contribution in [3.8, 4) is 5.75 Å². The van der Waals surface area contributed by atoms with Crippen molar-refractivity contribution in [3.63, 3.8) is 0 Å². The third-order valence-electron chi connectivity index (χ3n) is 4.01. The van der Waals surface area contributed by atoms with Crippen molar-refractivity contribution in [1.82, 2.24) is 4.90 Å². The zero-order valence-corrected chi connectivity index (χ0v) is 16.4. The summed E-state index contributed by atoms with van der Waals surface area (Å²) in [7, 11) is -1.93. The maximum Gasteiger partial charge on any atom is 0.331 e. The molecule has 1 aliphatic heterocycles. The molecule has 1 saturated heterocycles. The smallest absolute Gasteiger partial charge is 0.331 e.